The average Bonchev–Trinajstić information content (AvgIpc) is 1.38. The van der Waals surface area contributed by atoms with Gasteiger partial charge < -0.3 is 11.3 Å². The summed E-state index contributed by atoms with van der Waals surface area (Å²) in [6.07, 6.45) is 0.222. The van der Waals surface area contributed by atoms with Gasteiger partial charge in [-0.15, -0.1) is 0 Å². The summed E-state index contributed by atoms with van der Waals surface area (Å²) < 4.78 is 0. The summed E-state index contributed by atoms with van der Waals surface area (Å²) in [5.41, 5.74) is 0. The minimum Gasteiger partial charge on any atom is -0.693 e. The first-order valence-corrected chi connectivity index (χ1v) is 1.49. The topological polar surface area (TPSA) is 70.8 Å². The van der Waals surface area contributed by atoms with Crippen molar-refractivity contribution >= 4 is 5.97 Å². The third-order valence-corrected chi connectivity index (χ3v) is 0.302. The van der Waals surface area contributed by atoms with Gasteiger partial charge in [0.05, 0.1) is 0 Å². The number of carboxylic acid groups (broad SMARTS) is 1. The first kappa shape index (κ1) is 15.7. The van der Waals surface area contributed by atoms with Crippen LogP contribution in [0, 0.1) is 0 Å². The number of aliphatic carboxylic acids is 1. The standard InChI is InChI=1S/C3H6O2.H2N.Na/c1-2-3(4)5;;/h2H2,1H3,(H,4,5);1H2;/q;-1;+1. The molecule has 0 saturated carbocycles. The van der Waals surface area contributed by atoms with Gasteiger partial charge in [-0.25, -0.2) is 0 Å². The molecule has 3 N–H and O–H groups in total. The molecule has 0 amide bonds. The van der Waals surface area contributed by atoms with Crippen LogP contribution in [-0.2, 0) is 4.79 Å². The first-order valence-electron chi connectivity index (χ1n) is 1.49. The Labute approximate surface area is 65.0 Å². The van der Waals surface area contributed by atoms with Crippen LogP contribution in [0.4, 0.5) is 0 Å². The molecule has 0 bridgehead atoms. The van der Waals surface area contributed by atoms with Gasteiger partial charge in [0.25, 0.3) is 0 Å². The summed E-state index contributed by atoms with van der Waals surface area (Å²) in [4.78, 5) is 9.37. The Morgan fingerprint density at radius 3 is 1.86 bits per heavy atom. The zero-order chi connectivity index (χ0) is 4.28. The molecule has 0 rings (SSSR count). The molecule has 0 fully saturated rings. The molecule has 0 aromatic heterocycles. The minimum atomic E-state index is -0.745. The zero-order valence-corrected chi connectivity index (χ0v) is 6.64. The molecule has 0 radical (unpaired) electrons. The molecular weight excluding hydrogens is 105 g/mol. The maximum Gasteiger partial charge on any atom is 1.00 e. The fourth-order valence-electron chi connectivity index (χ4n) is 0. The monoisotopic (exact) mass is 113 g/mol. The van der Waals surface area contributed by atoms with Gasteiger partial charge in [0.15, 0.2) is 0 Å². The van der Waals surface area contributed by atoms with Crippen LogP contribution in [-0.4, -0.2) is 11.1 Å². The molecule has 0 spiro atoms. The molecule has 7 heavy (non-hydrogen) atoms. The van der Waals surface area contributed by atoms with Crippen LogP contribution in [0.2, 0.25) is 0 Å². The van der Waals surface area contributed by atoms with Gasteiger partial charge in [-0.1, -0.05) is 6.92 Å². The molecule has 0 aromatic rings. The van der Waals surface area contributed by atoms with Crippen molar-refractivity contribution in [2.75, 3.05) is 0 Å². The second-order valence-electron chi connectivity index (χ2n) is 0.747. The Balaban J connectivity index is -0.0000000800. The van der Waals surface area contributed by atoms with E-state index in [2.05, 4.69) is 0 Å². The number of rotatable bonds is 1. The van der Waals surface area contributed by atoms with Gasteiger partial charge in [0.2, 0.25) is 0 Å². The quantitative estimate of drug-likeness (QED) is 0.407. The zero-order valence-electron chi connectivity index (χ0n) is 4.64. The molecule has 0 aliphatic carbocycles. The van der Waals surface area contributed by atoms with E-state index in [1.165, 1.54) is 0 Å². The van der Waals surface area contributed by atoms with Crippen LogP contribution in [0.1, 0.15) is 13.3 Å². The maximum atomic E-state index is 9.37. The molecule has 4 heteroatoms. The van der Waals surface area contributed by atoms with Gasteiger partial charge in [0.1, 0.15) is 0 Å². The van der Waals surface area contributed by atoms with Gasteiger partial charge in [-0.05, 0) is 0 Å². The average molecular weight is 113 g/mol. The van der Waals surface area contributed by atoms with Crippen LogP contribution in [0.25, 0.3) is 6.15 Å². The Morgan fingerprint density at radius 2 is 1.86 bits per heavy atom. The molecule has 0 saturated heterocycles. The van der Waals surface area contributed by atoms with Crippen LogP contribution in [0.15, 0.2) is 0 Å². The van der Waals surface area contributed by atoms with Gasteiger partial charge >= 0.3 is 35.5 Å². The SMILES string of the molecule is CCC(=O)O.[NH2-].[Na+]. The van der Waals surface area contributed by atoms with Gasteiger partial charge in [0, 0.05) is 6.42 Å². The van der Waals surface area contributed by atoms with Crippen molar-refractivity contribution in [3.05, 3.63) is 6.15 Å². The van der Waals surface area contributed by atoms with E-state index in [1.54, 1.807) is 6.92 Å². The molecule has 38 valence electrons. The number of carboxylic acids is 1. The van der Waals surface area contributed by atoms with Crippen molar-refractivity contribution in [2.24, 2.45) is 0 Å². The third-order valence-electron chi connectivity index (χ3n) is 0.302. The third kappa shape index (κ3) is 21.4. The molecular formula is C3H8NNaO2. The Kier molecular flexibility index (Phi) is 21.6. The van der Waals surface area contributed by atoms with E-state index in [4.69, 9.17) is 5.11 Å². The van der Waals surface area contributed by atoms with Crippen LogP contribution in [0.5, 0.6) is 0 Å². The molecule has 0 aromatic carbocycles. The molecule has 0 heterocycles. The predicted octanol–water partition coefficient (Wildman–Crippen LogP) is -1.80. The number of carbonyl (C=O) groups is 1. The second-order valence-corrected chi connectivity index (χ2v) is 0.747. The molecule has 0 aliphatic rings. The van der Waals surface area contributed by atoms with Gasteiger partial charge in [-0.2, -0.15) is 0 Å². The number of hydrogen-bond acceptors (Lipinski definition) is 1. The van der Waals surface area contributed by atoms with Crippen LogP contribution >= 0.6 is 0 Å². The van der Waals surface area contributed by atoms with E-state index in [1.807, 2.05) is 0 Å². The van der Waals surface area contributed by atoms with E-state index >= 15 is 0 Å². The van der Waals surface area contributed by atoms with Crippen molar-refractivity contribution in [1.29, 1.82) is 0 Å². The Bertz CT molecular complexity index is 48.2. The Morgan fingerprint density at radius 1 is 1.71 bits per heavy atom. The molecule has 0 aliphatic heterocycles. The molecule has 0 atom stereocenters. The van der Waals surface area contributed by atoms with E-state index in [-0.39, 0.29) is 42.1 Å². The Hall–Kier alpha value is 0.430. The van der Waals surface area contributed by atoms with E-state index in [9.17, 15) is 4.79 Å². The summed E-state index contributed by atoms with van der Waals surface area (Å²) in [5.74, 6) is -0.745. The molecule has 3 nitrogen and oxygen atoms in total. The minimum absolute atomic E-state index is 0. The van der Waals surface area contributed by atoms with E-state index in [0.29, 0.717) is 0 Å². The fraction of sp³-hybridized carbons (Fsp3) is 0.667. The smallest absolute Gasteiger partial charge is 0.693 e. The fourth-order valence-corrected chi connectivity index (χ4v) is 0. The first-order chi connectivity index (χ1) is 2.27. The summed E-state index contributed by atoms with van der Waals surface area (Å²) in [5, 5.41) is 7.72. The van der Waals surface area contributed by atoms with Crippen molar-refractivity contribution < 1.29 is 39.5 Å². The molecule has 0 unspecified atom stereocenters. The van der Waals surface area contributed by atoms with E-state index < -0.39 is 5.97 Å². The summed E-state index contributed by atoms with van der Waals surface area (Å²) >= 11 is 0. The van der Waals surface area contributed by atoms with Gasteiger partial charge in [-0.3, -0.25) is 4.79 Å². The predicted molar refractivity (Wildman–Crippen MR) is 23.2 cm³/mol. The van der Waals surface area contributed by atoms with Crippen LogP contribution in [0.3, 0.4) is 0 Å². The maximum absolute atomic E-state index is 9.37. The van der Waals surface area contributed by atoms with Crippen molar-refractivity contribution in [1.82, 2.24) is 0 Å². The van der Waals surface area contributed by atoms with E-state index in [0.717, 1.165) is 0 Å². The van der Waals surface area contributed by atoms with Crippen LogP contribution < -0.4 is 29.6 Å². The van der Waals surface area contributed by atoms with Crippen molar-refractivity contribution in [3.63, 3.8) is 0 Å². The largest absolute Gasteiger partial charge is 1.00 e. The van der Waals surface area contributed by atoms with Crippen molar-refractivity contribution in [2.45, 2.75) is 13.3 Å². The number of nitrogens with two attached hydrogens (primary N) is 1. The normalized spacial score (nSPS) is 5.29. The van der Waals surface area contributed by atoms with Crippen molar-refractivity contribution in [3.8, 4) is 0 Å². The summed E-state index contributed by atoms with van der Waals surface area (Å²) in [6.45, 7) is 1.60. The second kappa shape index (κ2) is 9.66. The summed E-state index contributed by atoms with van der Waals surface area (Å²) in [7, 11) is 0. The summed E-state index contributed by atoms with van der Waals surface area (Å²) in [6, 6.07) is 0. The number of hydrogen-bond donors (Lipinski definition) is 1.